The van der Waals surface area contributed by atoms with Gasteiger partial charge in [-0.2, -0.15) is 0 Å². The van der Waals surface area contributed by atoms with Crippen molar-refractivity contribution < 1.29 is 29.3 Å². The lowest BCUT2D eigenvalue weighted by Gasteiger charge is -2.22. The van der Waals surface area contributed by atoms with Gasteiger partial charge >= 0.3 is 0 Å². The number of aliphatic hydroxyl groups is 1. The molecule has 0 saturated heterocycles. The van der Waals surface area contributed by atoms with Gasteiger partial charge in [0.1, 0.15) is 13.4 Å². The van der Waals surface area contributed by atoms with Crippen LogP contribution in [0.5, 0.6) is 0 Å². The maximum atomic E-state index is 11.7. The molecule has 8 heteroatoms. The maximum Gasteiger partial charge on any atom is 0.290 e. The van der Waals surface area contributed by atoms with Gasteiger partial charge in [-0.3, -0.25) is 9.59 Å². The van der Waals surface area contributed by atoms with Crippen LogP contribution in [0.25, 0.3) is 0 Å². The average molecular weight is 743 g/mol. The van der Waals surface area contributed by atoms with Gasteiger partial charge in [0.05, 0.1) is 0 Å². The second-order valence-corrected chi connectivity index (χ2v) is 14.1. The van der Waals surface area contributed by atoms with Gasteiger partial charge in [0.2, 0.25) is 5.91 Å². The van der Waals surface area contributed by atoms with E-state index < -0.39 is 0 Å². The number of carbonyl (C=O) groups is 3. The molecule has 0 rings (SSSR count). The fourth-order valence-electron chi connectivity index (χ4n) is 6.55. The first-order chi connectivity index (χ1) is 25.6. The Kier molecular flexibility index (Phi) is 61.3. The number of aliphatic hydroxyl groups excluding tert-OH is 1. The molecule has 0 aromatic rings. The molecule has 0 aromatic heterocycles. The van der Waals surface area contributed by atoms with Crippen LogP contribution in [0.15, 0.2) is 12.2 Å². The smallest absolute Gasteiger partial charge is 0.290 e. The van der Waals surface area contributed by atoms with E-state index >= 15 is 0 Å². The van der Waals surface area contributed by atoms with Gasteiger partial charge in [-0.15, -0.1) is 0 Å². The van der Waals surface area contributed by atoms with Gasteiger partial charge in [0.15, 0.2) is 0 Å². The maximum absolute atomic E-state index is 11.7. The van der Waals surface area contributed by atoms with Crippen LogP contribution in [0.1, 0.15) is 201 Å². The van der Waals surface area contributed by atoms with Crippen LogP contribution in [0.2, 0.25) is 0 Å². The molecule has 1 unspecified atom stereocenters. The van der Waals surface area contributed by atoms with Crippen LogP contribution in [-0.2, 0) is 19.1 Å². The van der Waals surface area contributed by atoms with Crippen LogP contribution < -0.4 is 5.32 Å². The molecular formula is C44H90N2O6. The Bertz CT molecular complexity index is 679. The van der Waals surface area contributed by atoms with Crippen molar-refractivity contribution in [2.75, 3.05) is 47.0 Å². The normalized spacial score (nSPS) is 11.2. The number of nitrogens with zero attached hydrogens (tertiary/aromatic N) is 1. The third-order valence-corrected chi connectivity index (χ3v) is 9.50. The second-order valence-electron chi connectivity index (χ2n) is 14.1. The van der Waals surface area contributed by atoms with Crippen molar-refractivity contribution in [2.45, 2.75) is 201 Å². The van der Waals surface area contributed by atoms with Crippen molar-refractivity contribution in [3.63, 3.8) is 0 Å². The summed E-state index contributed by atoms with van der Waals surface area (Å²) in [4.78, 5) is 30.8. The highest BCUT2D eigenvalue weighted by molar-refractivity contribution is 5.77. The zero-order chi connectivity index (χ0) is 39.6. The van der Waals surface area contributed by atoms with Crippen molar-refractivity contribution in [2.24, 2.45) is 5.92 Å². The molecule has 312 valence electrons. The molecular weight excluding hydrogens is 652 g/mol. The van der Waals surface area contributed by atoms with E-state index in [1.807, 2.05) is 6.79 Å². The van der Waals surface area contributed by atoms with E-state index in [-0.39, 0.29) is 19.0 Å². The standard InChI is InChI=1S/C41H82N2O2.CH2O2.CH4O.CH2O/c1-5-8-11-13-14-15-16-17-18-19-20-21-24-29-36-43(38-31-35-42-41(44)39-45-4)37-30-25-22-23-28-34-40(32-26-10-7-3)33-27-12-9-6-2;2-1-3;2*1-2/h15-16,40H,5-14,17-39H2,1-4H3,(H,42,44);1H,(H,2,3);2H,1H3;1H2/b16-15-;;;. The minimum Gasteiger partial charge on any atom is -0.483 e. The largest absolute Gasteiger partial charge is 0.483 e. The fraction of sp³-hybridized carbons (Fsp3) is 0.886. The van der Waals surface area contributed by atoms with E-state index in [2.05, 4.69) is 43.1 Å². The van der Waals surface area contributed by atoms with Gasteiger partial charge in [-0.05, 0) is 70.5 Å². The summed E-state index contributed by atoms with van der Waals surface area (Å²) in [6.45, 7) is 13.1. The summed E-state index contributed by atoms with van der Waals surface area (Å²) >= 11 is 0. The van der Waals surface area contributed by atoms with Crippen molar-refractivity contribution >= 4 is 19.2 Å². The molecule has 0 aromatic carbocycles. The zero-order valence-corrected chi connectivity index (χ0v) is 35.3. The SMILES string of the molecule is C=O.CCCCCC/C=C\CCCCCCCCN(CCCCCCCC(CCCCC)CCCCCC)CCCNC(=O)COC.CO.O=CO. The van der Waals surface area contributed by atoms with Crippen molar-refractivity contribution in [3.05, 3.63) is 12.2 Å². The van der Waals surface area contributed by atoms with E-state index in [0.717, 1.165) is 32.5 Å². The summed E-state index contributed by atoms with van der Waals surface area (Å²) in [5.74, 6) is 0.982. The van der Waals surface area contributed by atoms with Crippen LogP contribution in [0.3, 0.4) is 0 Å². The Morgan fingerprint density at radius 1 is 0.615 bits per heavy atom. The molecule has 3 N–H and O–H groups in total. The van der Waals surface area contributed by atoms with Crippen molar-refractivity contribution in [1.29, 1.82) is 0 Å². The Morgan fingerprint density at radius 3 is 1.42 bits per heavy atom. The Morgan fingerprint density at radius 2 is 0.962 bits per heavy atom. The number of carboxylic acid groups (broad SMARTS) is 1. The molecule has 0 fully saturated rings. The molecule has 52 heavy (non-hydrogen) atoms. The molecule has 0 heterocycles. The number of rotatable bonds is 37. The molecule has 0 aliphatic heterocycles. The average Bonchev–Trinajstić information content (AvgIpc) is 3.16. The monoisotopic (exact) mass is 743 g/mol. The second kappa shape index (κ2) is 56.0. The number of methoxy groups -OCH3 is 1. The molecule has 0 radical (unpaired) electrons. The molecule has 1 atom stereocenters. The third kappa shape index (κ3) is 52.6. The van der Waals surface area contributed by atoms with Crippen molar-refractivity contribution in [3.8, 4) is 0 Å². The predicted octanol–water partition coefficient (Wildman–Crippen LogP) is 11.3. The summed E-state index contributed by atoms with van der Waals surface area (Å²) in [5, 5.41) is 16.9. The number of nitrogens with one attached hydrogen (secondary N) is 1. The number of carbonyl (C=O) groups excluding carboxylic acids is 2. The fourth-order valence-corrected chi connectivity index (χ4v) is 6.55. The van der Waals surface area contributed by atoms with E-state index in [0.29, 0.717) is 0 Å². The molecule has 0 aliphatic carbocycles. The lowest BCUT2D eigenvalue weighted by molar-refractivity contribution is -0.125. The lowest BCUT2D eigenvalue weighted by Crippen LogP contribution is -2.32. The topological polar surface area (TPSA) is 116 Å². The van der Waals surface area contributed by atoms with Crippen molar-refractivity contribution in [1.82, 2.24) is 10.2 Å². The van der Waals surface area contributed by atoms with Gasteiger partial charge in [0, 0.05) is 20.8 Å². The number of hydrogen-bond donors (Lipinski definition) is 3. The number of hydrogen-bond acceptors (Lipinski definition) is 6. The highest BCUT2D eigenvalue weighted by atomic mass is 16.5. The van der Waals surface area contributed by atoms with Gasteiger partial charge in [0.25, 0.3) is 6.47 Å². The molecule has 1 amide bonds. The number of amides is 1. The summed E-state index contributed by atoms with van der Waals surface area (Å²) in [5.41, 5.74) is 0. The highest BCUT2D eigenvalue weighted by Crippen LogP contribution is 2.24. The Balaban J connectivity index is -0.00000153. The Labute approximate surface area is 323 Å². The first-order valence-corrected chi connectivity index (χ1v) is 21.5. The highest BCUT2D eigenvalue weighted by Gasteiger charge is 2.09. The molecule has 8 nitrogen and oxygen atoms in total. The summed E-state index contributed by atoms with van der Waals surface area (Å²) in [6.07, 6.45) is 43.2. The van der Waals surface area contributed by atoms with E-state index in [9.17, 15) is 4.79 Å². The van der Waals surface area contributed by atoms with E-state index in [1.54, 1.807) is 7.11 Å². The van der Waals surface area contributed by atoms with Gasteiger partial charge < -0.3 is 30.0 Å². The summed E-state index contributed by atoms with van der Waals surface area (Å²) < 4.78 is 4.94. The van der Waals surface area contributed by atoms with Crippen LogP contribution in [0, 0.1) is 5.92 Å². The van der Waals surface area contributed by atoms with Crippen LogP contribution in [-0.4, -0.2) is 81.3 Å². The van der Waals surface area contributed by atoms with E-state index in [1.165, 1.54) is 186 Å². The summed E-state index contributed by atoms with van der Waals surface area (Å²) in [6, 6.07) is 0. The van der Waals surface area contributed by atoms with Gasteiger partial charge in [-0.25, -0.2) is 0 Å². The minimum atomic E-state index is -0.250. The van der Waals surface area contributed by atoms with E-state index in [4.69, 9.17) is 24.5 Å². The Hall–Kier alpha value is -1.77. The number of unbranched alkanes of at least 4 members (excludes halogenated alkanes) is 19. The first kappa shape index (κ1) is 57.0. The predicted molar refractivity (Wildman–Crippen MR) is 224 cm³/mol. The molecule has 0 spiro atoms. The minimum absolute atomic E-state index is 0.0000707. The first-order valence-electron chi connectivity index (χ1n) is 21.5. The lowest BCUT2D eigenvalue weighted by atomic mass is 9.90. The molecule has 0 saturated carbocycles. The van der Waals surface area contributed by atoms with Gasteiger partial charge in [-0.1, -0.05) is 168 Å². The number of ether oxygens (including phenoxy) is 1. The number of allylic oxidation sites excluding steroid dienone is 2. The zero-order valence-electron chi connectivity index (χ0n) is 35.3. The molecule has 0 bridgehead atoms. The van der Waals surface area contributed by atoms with Crippen LogP contribution >= 0.6 is 0 Å². The van der Waals surface area contributed by atoms with Crippen LogP contribution in [0.4, 0.5) is 0 Å². The molecule has 0 aliphatic rings. The quantitative estimate of drug-likeness (QED) is 0.0329. The summed E-state index contributed by atoms with van der Waals surface area (Å²) in [7, 11) is 2.58. The third-order valence-electron chi connectivity index (χ3n) is 9.50.